The quantitative estimate of drug-likeness (QED) is 0.805. The van der Waals surface area contributed by atoms with E-state index in [0.717, 1.165) is 25.8 Å². The van der Waals surface area contributed by atoms with Gasteiger partial charge >= 0.3 is 0 Å². The highest BCUT2D eigenvalue weighted by Gasteiger charge is 2.40. The number of sulfonamides is 1. The Bertz CT molecular complexity index is 613. The van der Waals surface area contributed by atoms with E-state index in [-0.39, 0.29) is 4.90 Å². The summed E-state index contributed by atoms with van der Waals surface area (Å²) in [6.07, 6.45) is 4.41. The van der Waals surface area contributed by atoms with Gasteiger partial charge in [-0.25, -0.2) is 18.1 Å². The molecule has 1 aliphatic rings. The molecule has 0 aromatic carbocycles. The predicted molar refractivity (Wildman–Crippen MR) is 85.2 cm³/mol. The molecule has 118 valence electrons. The van der Waals surface area contributed by atoms with Crippen molar-refractivity contribution in [3.63, 3.8) is 0 Å². The van der Waals surface area contributed by atoms with E-state index in [0.29, 0.717) is 16.8 Å². The average molecular weight is 332 g/mol. The van der Waals surface area contributed by atoms with Crippen molar-refractivity contribution in [3.05, 3.63) is 17.3 Å². The third-order valence-electron chi connectivity index (χ3n) is 3.66. The van der Waals surface area contributed by atoms with Crippen LogP contribution in [0.2, 0.25) is 5.02 Å². The molecule has 7 heteroatoms. The first-order chi connectivity index (χ1) is 9.76. The molecule has 0 bridgehead atoms. The minimum absolute atomic E-state index is 0.100. The van der Waals surface area contributed by atoms with Crippen molar-refractivity contribution in [3.8, 4) is 0 Å². The van der Waals surface area contributed by atoms with Crippen LogP contribution < -0.4 is 10.0 Å². The Balaban J connectivity index is 2.18. The summed E-state index contributed by atoms with van der Waals surface area (Å²) in [6.45, 7) is 6.60. The fourth-order valence-corrected chi connectivity index (χ4v) is 3.97. The fraction of sp³-hybridized carbons (Fsp3) is 0.643. The van der Waals surface area contributed by atoms with Crippen LogP contribution in [0.25, 0.3) is 0 Å². The number of pyridine rings is 1. The van der Waals surface area contributed by atoms with Gasteiger partial charge in [-0.15, -0.1) is 0 Å². The molecule has 5 nitrogen and oxygen atoms in total. The van der Waals surface area contributed by atoms with Gasteiger partial charge in [0.05, 0.1) is 5.02 Å². The number of hydrogen-bond donors (Lipinski definition) is 2. The molecule has 0 aliphatic heterocycles. The monoisotopic (exact) mass is 331 g/mol. The summed E-state index contributed by atoms with van der Waals surface area (Å²) in [6, 6.07) is 1.44. The standard InChI is InChI=1S/C14H22ClN3O2S/c1-4-7-16-13-12(15)8-11(9-17-13)21(19,20)18-14(2,3)10-5-6-10/h8-10,18H,4-7H2,1-3H3,(H,16,17). The lowest BCUT2D eigenvalue weighted by molar-refractivity contribution is 0.400. The first-order valence-electron chi connectivity index (χ1n) is 7.19. The lowest BCUT2D eigenvalue weighted by Crippen LogP contribution is -2.45. The Hall–Kier alpha value is -0.850. The van der Waals surface area contributed by atoms with E-state index in [1.165, 1.54) is 12.3 Å². The number of hydrogen-bond acceptors (Lipinski definition) is 4. The van der Waals surface area contributed by atoms with E-state index in [1.807, 2.05) is 20.8 Å². The second kappa shape index (κ2) is 6.10. The van der Waals surface area contributed by atoms with Gasteiger partial charge in [-0.2, -0.15) is 0 Å². The number of halogens is 1. The predicted octanol–water partition coefficient (Wildman–Crippen LogP) is 3.02. The molecule has 0 saturated heterocycles. The lowest BCUT2D eigenvalue weighted by atomic mass is 10.0. The third kappa shape index (κ3) is 4.08. The highest BCUT2D eigenvalue weighted by atomic mass is 35.5. The van der Waals surface area contributed by atoms with Crippen LogP contribution in [0, 0.1) is 5.92 Å². The summed E-state index contributed by atoms with van der Waals surface area (Å²) in [5, 5.41) is 3.37. The molecule has 1 aliphatic carbocycles. The van der Waals surface area contributed by atoms with Crippen molar-refractivity contribution in [2.24, 2.45) is 5.92 Å². The molecule has 2 N–H and O–H groups in total. The largest absolute Gasteiger partial charge is 0.369 e. The molecule has 0 amide bonds. The van der Waals surface area contributed by atoms with Crippen LogP contribution in [-0.4, -0.2) is 25.5 Å². The van der Waals surface area contributed by atoms with E-state index in [4.69, 9.17) is 11.6 Å². The molecular weight excluding hydrogens is 310 g/mol. The van der Waals surface area contributed by atoms with Gasteiger partial charge in [-0.05, 0) is 45.1 Å². The molecule has 0 unspecified atom stereocenters. The zero-order valence-electron chi connectivity index (χ0n) is 12.6. The van der Waals surface area contributed by atoms with Crippen LogP contribution in [0.4, 0.5) is 5.82 Å². The minimum atomic E-state index is -3.61. The second-order valence-corrected chi connectivity index (χ2v) is 8.12. The van der Waals surface area contributed by atoms with Gasteiger partial charge in [-0.1, -0.05) is 18.5 Å². The zero-order chi connectivity index (χ0) is 15.7. The van der Waals surface area contributed by atoms with Gasteiger partial charge in [-0.3, -0.25) is 0 Å². The molecule has 1 heterocycles. The van der Waals surface area contributed by atoms with Crippen molar-refractivity contribution in [2.75, 3.05) is 11.9 Å². The summed E-state index contributed by atoms with van der Waals surface area (Å²) >= 11 is 6.10. The van der Waals surface area contributed by atoms with Crippen LogP contribution in [0.1, 0.15) is 40.0 Å². The Morgan fingerprint density at radius 1 is 1.43 bits per heavy atom. The van der Waals surface area contributed by atoms with Crippen LogP contribution in [0.15, 0.2) is 17.2 Å². The minimum Gasteiger partial charge on any atom is -0.369 e. The van der Waals surface area contributed by atoms with E-state index in [9.17, 15) is 8.42 Å². The van der Waals surface area contributed by atoms with Crippen molar-refractivity contribution >= 4 is 27.4 Å². The van der Waals surface area contributed by atoms with Crippen molar-refractivity contribution < 1.29 is 8.42 Å². The topological polar surface area (TPSA) is 71.1 Å². The van der Waals surface area contributed by atoms with E-state index in [1.54, 1.807) is 0 Å². The molecule has 0 spiro atoms. The van der Waals surface area contributed by atoms with E-state index < -0.39 is 15.6 Å². The SMILES string of the molecule is CCCNc1ncc(S(=O)(=O)NC(C)(C)C2CC2)cc1Cl. The molecular formula is C14H22ClN3O2S. The molecule has 2 rings (SSSR count). The summed E-state index contributed by atoms with van der Waals surface area (Å²) in [5.41, 5.74) is -0.440. The number of nitrogens with one attached hydrogen (secondary N) is 2. The lowest BCUT2D eigenvalue weighted by Gasteiger charge is -2.25. The van der Waals surface area contributed by atoms with Crippen LogP contribution in [0.5, 0.6) is 0 Å². The Morgan fingerprint density at radius 2 is 2.10 bits per heavy atom. The second-order valence-electron chi connectivity index (χ2n) is 6.03. The van der Waals surface area contributed by atoms with E-state index in [2.05, 4.69) is 15.0 Å². The molecule has 1 aromatic heterocycles. The maximum absolute atomic E-state index is 12.4. The maximum Gasteiger partial charge on any atom is 0.242 e. The van der Waals surface area contributed by atoms with Gasteiger partial charge in [0.15, 0.2) is 0 Å². The molecule has 0 radical (unpaired) electrons. The Kier molecular flexibility index (Phi) is 4.80. The van der Waals surface area contributed by atoms with Crippen LogP contribution >= 0.6 is 11.6 Å². The smallest absolute Gasteiger partial charge is 0.242 e. The van der Waals surface area contributed by atoms with Gasteiger partial charge < -0.3 is 5.32 Å². The normalized spacial score (nSPS) is 16.0. The van der Waals surface area contributed by atoms with Gasteiger partial charge in [0, 0.05) is 18.3 Å². The highest BCUT2D eigenvalue weighted by molar-refractivity contribution is 7.89. The van der Waals surface area contributed by atoms with Crippen LogP contribution in [-0.2, 0) is 10.0 Å². The average Bonchev–Trinajstić information content (AvgIpc) is 3.20. The van der Waals surface area contributed by atoms with Crippen molar-refractivity contribution in [1.29, 1.82) is 0 Å². The first kappa shape index (κ1) is 16.5. The third-order valence-corrected chi connectivity index (χ3v) is 5.59. The van der Waals surface area contributed by atoms with Crippen LogP contribution in [0.3, 0.4) is 0 Å². The highest BCUT2D eigenvalue weighted by Crippen LogP contribution is 2.40. The summed E-state index contributed by atoms with van der Waals surface area (Å²) in [5.74, 6) is 0.917. The van der Waals surface area contributed by atoms with Gasteiger partial charge in [0.25, 0.3) is 0 Å². The van der Waals surface area contributed by atoms with E-state index >= 15 is 0 Å². The molecule has 0 atom stereocenters. The summed E-state index contributed by atoms with van der Waals surface area (Å²) < 4.78 is 27.6. The zero-order valence-corrected chi connectivity index (χ0v) is 14.2. The van der Waals surface area contributed by atoms with Crippen molar-refractivity contribution in [1.82, 2.24) is 9.71 Å². The molecule has 1 aromatic rings. The maximum atomic E-state index is 12.4. The number of rotatable bonds is 7. The summed E-state index contributed by atoms with van der Waals surface area (Å²) in [7, 11) is -3.61. The summed E-state index contributed by atoms with van der Waals surface area (Å²) in [4.78, 5) is 4.21. The Morgan fingerprint density at radius 3 is 2.62 bits per heavy atom. The number of anilines is 1. The fourth-order valence-electron chi connectivity index (χ4n) is 2.23. The number of nitrogens with zero attached hydrogens (tertiary/aromatic N) is 1. The Labute approximate surface area is 131 Å². The first-order valence-corrected chi connectivity index (χ1v) is 9.06. The van der Waals surface area contributed by atoms with Gasteiger partial charge in [0.2, 0.25) is 10.0 Å². The molecule has 21 heavy (non-hydrogen) atoms. The molecule has 1 saturated carbocycles. The number of aromatic nitrogens is 1. The molecule has 1 fully saturated rings. The van der Waals surface area contributed by atoms with Crippen molar-refractivity contribution in [2.45, 2.75) is 50.5 Å². The van der Waals surface area contributed by atoms with Gasteiger partial charge in [0.1, 0.15) is 10.7 Å².